The van der Waals surface area contributed by atoms with Crippen LogP contribution in [0.4, 0.5) is 0 Å². The summed E-state index contributed by atoms with van der Waals surface area (Å²) in [6, 6.07) is -0.314. The molecule has 3 N–H and O–H groups in total. The molecule has 1 aromatic rings. The van der Waals surface area contributed by atoms with Gasteiger partial charge in [-0.05, 0) is 0 Å². The van der Waals surface area contributed by atoms with Gasteiger partial charge in [-0.2, -0.15) is 0 Å². The highest BCUT2D eigenvalue weighted by atomic mass is 16.5. The van der Waals surface area contributed by atoms with E-state index >= 15 is 0 Å². The summed E-state index contributed by atoms with van der Waals surface area (Å²) in [5, 5.41) is 14.5. The van der Waals surface area contributed by atoms with Crippen molar-refractivity contribution in [2.24, 2.45) is 0 Å². The highest BCUT2D eigenvalue weighted by Gasteiger charge is 2.20. The van der Waals surface area contributed by atoms with Crippen LogP contribution in [0.3, 0.4) is 0 Å². The molecular weight excluding hydrogens is 252 g/mol. The molecule has 1 aliphatic heterocycles. The molecule has 8 heteroatoms. The fourth-order valence-electron chi connectivity index (χ4n) is 1.76. The van der Waals surface area contributed by atoms with Crippen LogP contribution in [0.15, 0.2) is 12.5 Å². The molecule has 0 bridgehead atoms. The molecule has 8 nitrogen and oxygen atoms in total. The van der Waals surface area contributed by atoms with Crippen LogP contribution in [0.1, 0.15) is 10.5 Å². The van der Waals surface area contributed by atoms with Gasteiger partial charge in [0, 0.05) is 25.8 Å². The minimum Gasteiger partial charge on any atom is -0.476 e. The second-order valence-corrected chi connectivity index (χ2v) is 4.17. The maximum Gasteiger partial charge on any atom is 0.356 e. The van der Waals surface area contributed by atoms with E-state index in [1.54, 1.807) is 4.57 Å². The van der Waals surface area contributed by atoms with E-state index in [1.807, 2.05) is 0 Å². The molecule has 1 amide bonds. The Labute approximate surface area is 109 Å². The monoisotopic (exact) mass is 268 g/mol. The Kier molecular flexibility index (Phi) is 4.48. The average molecular weight is 268 g/mol. The largest absolute Gasteiger partial charge is 0.476 e. The van der Waals surface area contributed by atoms with Gasteiger partial charge in [0.05, 0.1) is 19.5 Å². The number of carboxylic acids is 1. The molecule has 1 saturated heterocycles. The van der Waals surface area contributed by atoms with Gasteiger partial charge in [0.2, 0.25) is 5.91 Å². The van der Waals surface area contributed by atoms with E-state index in [9.17, 15) is 9.59 Å². The third kappa shape index (κ3) is 3.76. The summed E-state index contributed by atoms with van der Waals surface area (Å²) in [5.74, 6) is -1.18. The SMILES string of the molecule is O=C(O)c1cn(CCNC(=O)C2COCCN2)cn1. The number of carbonyl (C=O) groups excluding carboxylic acids is 1. The zero-order valence-electron chi connectivity index (χ0n) is 10.3. The zero-order chi connectivity index (χ0) is 13.7. The molecule has 1 fully saturated rings. The van der Waals surface area contributed by atoms with Crippen LogP contribution < -0.4 is 10.6 Å². The molecule has 1 aliphatic rings. The number of ether oxygens (including phenoxy) is 1. The molecule has 0 saturated carbocycles. The number of carbonyl (C=O) groups is 2. The number of amides is 1. The van der Waals surface area contributed by atoms with Crippen molar-refractivity contribution in [2.45, 2.75) is 12.6 Å². The lowest BCUT2D eigenvalue weighted by Gasteiger charge is -2.22. The summed E-state index contributed by atoms with van der Waals surface area (Å²) in [6.07, 6.45) is 2.86. The number of nitrogens with zero attached hydrogens (tertiary/aromatic N) is 2. The maximum atomic E-state index is 11.7. The molecule has 1 unspecified atom stereocenters. The minimum absolute atomic E-state index is 0.00586. The normalized spacial score (nSPS) is 19.1. The minimum atomic E-state index is -1.06. The van der Waals surface area contributed by atoms with Crippen molar-refractivity contribution in [3.63, 3.8) is 0 Å². The van der Waals surface area contributed by atoms with Gasteiger partial charge in [-0.1, -0.05) is 0 Å². The summed E-state index contributed by atoms with van der Waals surface area (Å²) in [4.78, 5) is 26.1. The lowest BCUT2D eigenvalue weighted by molar-refractivity contribution is -0.125. The highest BCUT2D eigenvalue weighted by Crippen LogP contribution is 1.96. The number of aromatic carboxylic acids is 1. The van der Waals surface area contributed by atoms with Gasteiger partial charge in [-0.25, -0.2) is 9.78 Å². The topological polar surface area (TPSA) is 105 Å². The first-order valence-electron chi connectivity index (χ1n) is 6.01. The summed E-state index contributed by atoms with van der Waals surface area (Å²) < 4.78 is 6.81. The molecule has 0 aliphatic carbocycles. The van der Waals surface area contributed by atoms with E-state index in [0.29, 0.717) is 32.8 Å². The van der Waals surface area contributed by atoms with Crippen molar-refractivity contribution in [1.82, 2.24) is 20.2 Å². The van der Waals surface area contributed by atoms with E-state index in [4.69, 9.17) is 9.84 Å². The zero-order valence-corrected chi connectivity index (χ0v) is 10.3. The molecule has 0 spiro atoms. The molecule has 104 valence electrons. The second-order valence-electron chi connectivity index (χ2n) is 4.17. The molecule has 2 heterocycles. The number of rotatable bonds is 5. The molecule has 0 radical (unpaired) electrons. The van der Waals surface area contributed by atoms with Crippen molar-refractivity contribution in [3.8, 4) is 0 Å². The van der Waals surface area contributed by atoms with Gasteiger partial charge in [-0.3, -0.25) is 4.79 Å². The maximum absolute atomic E-state index is 11.7. The number of hydrogen-bond donors (Lipinski definition) is 3. The van der Waals surface area contributed by atoms with E-state index < -0.39 is 5.97 Å². The number of imidazole rings is 1. The van der Waals surface area contributed by atoms with Crippen molar-refractivity contribution in [2.75, 3.05) is 26.3 Å². The van der Waals surface area contributed by atoms with E-state index in [1.165, 1.54) is 12.5 Å². The summed E-state index contributed by atoms with van der Waals surface area (Å²) in [7, 11) is 0. The van der Waals surface area contributed by atoms with Gasteiger partial charge in [0.15, 0.2) is 5.69 Å². The van der Waals surface area contributed by atoms with Gasteiger partial charge >= 0.3 is 5.97 Å². The van der Waals surface area contributed by atoms with Crippen LogP contribution in [-0.2, 0) is 16.1 Å². The van der Waals surface area contributed by atoms with Crippen LogP contribution in [0.5, 0.6) is 0 Å². The average Bonchev–Trinajstić information content (AvgIpc) is 2.89. The van der Waals surface area contributed by atoms with Crippen LogP contribution in [0.2, 0.25) is 0 Å². The Hall–Kier alpha value is -1.93. The van der Waals surface area contributed by atoms with Crippen molar-refractivity contribution < 1.29 is 19.4 Å². The smallest absolute Gasteiger partial charge is 0.356 e. The number of nitrogens with one attached hydrogen (secondary N) is 2. The fourth-order valence-corrected chi connectivity index (χ4v) is 1.76. The Morgan fingerprint density at radius 3 is 3.11 bits per heavy atom. The van der Waals surface area contributed by atoms with Crippen LogP contribution in [-0.4, -0.2) is 58.9 Å². The Morgan fingerprint density at radius 2 is 2.47 bits per heavy atom. The lowest BCUT2D eigenvalue weighted by atomic mass is 10.2. The third-order valence-corrected chi connectivity index (χ3v) is 2.76. The molecule has 1 atom stereocenters. The Morgan fingerprint density at radius 1 is 1.63 bits per heavy atom. The molecule has 2 rings (SSSR count). The predicted octanol–water partition coefficient (Wildman–Crippen LogP) is -1.31. The van der Waals surface area contributed by atoms with Crippen molar-refractivity contribution >= 4 is 11.9 Å². The van der Waals surface area contributed by atoms with E-state index in [-0.39, 0.29) is 17.6 Å². The molecule has 0 aromatic carbocycles. The van der Waals surface area contributed by atoms with Crippen LogP contribution in [0, 0.1) is 0 Å². The summed E-state index contributed by atoms with van der Waals surface area (Å²) in [6.45, 7) is 2.55. The fraction of sp³-hybridized carbons (Fsp3) is 0.545. The number of aromatic nitrogens is 2. The molecule has 19 heavy (non-hydrogen) atoms. The summed E-state index contributed by atoms with van der Waals surface area (Å²) in [5.41, 5.74) is -0.00586. The number of hydrogen-bond acceptors (Lipinski definition) is 5. The molecule has 1 aromatic heterocycles. The Bertz CT molecular complexity index is 453. The predicted molar refractivity (Wildman–Crippen MR) is 64.8 cm³/mol. The number of morpholine rings is 1. The first-order chi connectivity index (χ1) is 9.16. The van der Waals surface area contributed by atoms with Gasteiger partial charge in [0.25, 0.3) is 0 Å². The van der Waals surface area contributed by atoms with Crippen molar-refractivity contribution in [3.05, 3.63) is 18.2 Å². The third-order valence-electron chi connectivity index (χ3n) is 2.76. The quantitative estimate of drug-likeness (QED) is 0.612. The molecular formula is C11H16N4O4. The second kappa shape index (κ2) is 6.30. The van der Waals surface area contributed by atoms with E-state index in [0.717, 1.165) is 0 Å². The number of carboxylic acid groups (broad SMARTS) is 1. The lowest BCUT2D eigenvalue weighted by Crippen LogP contribution is -2.51. The highest BCUT2D eigenvalue weighted by molar-refractivity contribution is 5.84. The van der Waals surface area contributed by atoms with E-state index in [2.05, 4.69) is 15.6 Å². The van der Waals surface area contributed by atoms with Crippen LogP contribution >= 0.6 is 0 Å². The standard InChI is InChI=1S/C11H16N4O4/c16-10(9-6-19-4-2-12-9)13-1-3-15-5-8(11(17)18)14-7-15/h5,7,9,12H,1-4,6H2,(H,13,16)(H,17,18). The Balaban J connectivity index is 1.73. The van der Waals surface area contributed by atoms with Crippen LogP contribution in [0.25, 0.3) is 0 Å². The first-order valence-corrected chi connectivity index (χ1v) is 6.01. The van der Waals surface area contributed by atoms with Gasteiger partial charge in [-0.15, -0.1) is 0 Å². The summed E-state index contributed by atoms with van der Waals surface area (Å²) >= 11 is 0. The van der Waals surface area contributed by atoms with Gasteiger partial charge < -0.3 is 25.0 Å². The first kappa shape index (κ1) is 13.5. The van der Waals surface area contributed by atoms with Gasteiger partial charge in [0.1, 0.15) is 6.04 Å². The van der Waals surface area contributed by atoms with Crippen molar-refractivity contribution in [1.29, 1.82) is 0 Å².